The van der Waals surface area contributed by atoms with Crippen LogP contribution in [0.2, 0.25) is 18.1 Å². The molecule has 3 nitrogen and oxygen atoms in total. The first kappa shape index (κ1) is 15.8. The summed E-state index contributed by atoms with van der Waals surface area (Å²) in [5, 5.41) is 2.23. The summed E-state index contributed by atoms with van der Waals surface area (Å²) in [6.45, 7) is 7.41. The second-order valence-electron chi connectivity index (χ2n) is 6.04. The van der Waals surface area contributed by atoms with Crippen molar-refractivity contribution < 1.29 is 4.74 Å². The third-order valence-electron chi connectivity index (χ3n) is 5.36. The van der Waals surface area contributed by atoms with Crippen LogP contribution in [0.25, 0.3) is 10.9 Å². The number of pyridine rings is 1. The molecule has 1 aromatic carbocycles. The van der Waals surface area contributed by atoms with Crippen molar-refractivity contribution in [3.63, 3.8) is 0 Å². The van der Waals surface area contributed by atoms with Crippen LogP contribution >= 0.6 is 15.9 Å². The summed E-state index contributed by atoms with van der Waals surface area (Å²) in [7, 11) is -1.74. The molecule has 1 aliphatic heterocycles. The van der Waals surface area contributed by atoms with E-state index in [0.717, 1.165) is 50.9 Å². The quantitative estimate of drug-likeness (QED) is 0.817. The zero-order valence-corrected chi connectivity index (χ0v) is 16.0. The second-order valence-corrected chi connectivity index (χ2v) is 12.1. The molecule has 3 rings (SSSR count). The van der Waals surface area contributed by atoms with Crippen molar-refractivity contribution in [3.05, 3.63) is 32.5 Å². The fraction of sp³-hybridized carbons (Fsp3) is 0.471. The lowest BCUT2D eigenvalue weighted by atomic mass is 10.0. The Balaban J connectivity index is 2.46. The molecule has 5 heteroatoms. The van der Waals surface area contributed by atoms with Crippen LogP contribution in [0.15, 0.2) is 21.4 Å². The maximum absolute atomic E-state index is 12.9. The minimum Gasteiger partial charge on any atom is -0.493 e. The van der Waals surface area contributed by atoms with Gasteiger partial charge in [-0.1, -0.05) is 38.9 Å². The number of aromatic amines is 1. The van der Waals surface area contributed by atoms with Gasteiger partial charge >= 0.3 is 0 Å². The average Bonchev–Trinajstić information content (AvgIpc) is 2.54. The van der Waals surface area contributed by atoms with Crippen molar-refractivity contribution in [2.45, 2.75) is 45.3 Å². The highest BCUT2D eigenvalue weighted by atomic mass is 79.9. The maximum atomic E-state index is 12.9. The van der Waals surface area contributed by atoms with Gasteiger partial charge in [0.1, 0.15) is 5.75 Å². The number of benzene rings is 1. The molecule has 0 radical (unpaired) electrons. The average molecular weight is 380 g/mol. The lowest BCUT2D eigenvalue weighted by Gasteiger charge is -2.32. The number of hydrogen-bond acceptors (Lipinski definition) is 2. The van der Waals surface area contributed by atoms with Crippen LogP contribution in [0.3, 0.4) is 0 Å². The molecule has 0 saturated carbocycles. The molecule has 2 aromatic rings. The lowest BCUT2D eigenvalue weighted by Crippen LogP contribution is -2.56. The van der Waals surface area contributed by atoms with E-state index in [0.29, 0.717) is 6.61 Å². The zero-order chi connectivity index (χ0) is 15.9. The number of ether oxygens (including phenoxy) is 1. The van der Waals surface area contributed by atoms with Crippen LogP contribution in [0, 0.1) is 0 Å². The molecule has 0 spiro atoms. The standard InChI is InChI=1S/C17H22BrNO2Si/c1-4-22(5-2,6-3)16-11-9-10-21-13-8-7-12(18)15(14(11)13)19-17(16)20/h7-8H,4-6,9-10H2,1-3H3,(H,19,20). The Morgan fingerprint density at radius 3 is 2.55 bits per heavy atom. The molecular formula is C17H22BrNO2Si. The molecule has 0 atom stereocenters. The number of aromatic nitrogens is 1. The van der Waals surface area contributed by atoms with E-state index in [4.69, 9.17) is 4.74 Å². The first-order valence-electron chi connectivity index (χ1n) is 8.08. The van der Waals surface area contributed by atoms with Crippen molar-refractivity contribution >= 4 is 40.1 Å². The van der Waals surface area contributed by atoms with Crippen LogP contribution in [0.1, 0.15) is 26.3 Å². The number of H-pyrrole nitrogens is 1. The van der Waals surface area contributed by atoms with Gasteiger partial charge in [0.25, 0.3) is 0 Å². The van der Waals surface area contributed by atoms with Gasteiger partial charge in [-0.15, -0.1) is 0 Å². The van der Waals surface area contributed by atoms with Crippen LogP contribution in [-0.4, -0.2) is 19.7 Å². The predicted octanol–water partition coefficient (Wildman–Crippen LogP) is 3.94. The molecule has 0 unspecified atom stereocenters. The Morgan fingerprint density at radius 2 is 1.91 bits per heavy atom. The van der Waals surface area contributed by atoms with E-state index < -0.39 is 8.07 Å². The Labute approximate surface area is 140 Å². The Morgan fingerprint density at radius 1 is 1.23 bits per heavy atom. The fourth-order valence-corrected chi connectivity index (χ4v) is 8.32. The van der Waals surface area contributed by atoms with Gasteiger partial charge in [-0.3, -0.25) is 4.79 Å². The van der Waals surface area contributed by atoms with Gasteiger partial charge in [-0.2, -0.15) is 0 Å². The molecular weight excluding hydrogens is 358 g/mol. The first-order chi connectivity index (χ1) is 10.6. The summed E-state index contributed by atoms with van der Waals surface area (Å²) in [6, 6.07) is 7.31. The van der Waals surface area contributed by atoms with E-state index >= 15 is 0 Å². The van der Waals surface area contributed by atoms with Crippen molar-refractivity contribution in [2.24, 2.45) is 0 Å². The lowest BCUT2D eigenvalue weighted by molar-refractivity contribution is 0.318. The molecule has 1 aromatic heterocycles. The summed E-state index contributed by atoms with van der Waals surface area (Å²) in [6.07, 6.45) is 0.841. The third-order valence-corrected chi connectivity index (χ3v) is 11.7. The SMILES string of the molecule is CC[Si](CC)(CC)c1c2c3c(ccc(Br)c3[nH]c1=O)OCC2. The van der Waals surface area contributed by atoms with Gasteiger partial charge in [0.2, 0.25) is 5.56 Å². The van der Waals surface area contributed by atoms with E-state index in [9.17, 15) is 4.79 Å². The molecule has 22 heavy (non-hydrogen) atoms. The summed E-state index contributed by atoms with van der Waals surface area (Å²) in [5.74, 6) is 0.906. The molecule has 0 bridgehead atoms. The van der Waals surface area contributed by atoms with Crippen LogP contribution < -0.4 is 15.5 Å². The predicted molar refractivity (Wildman–Crippen MR) is 98.3 cm³/mol. The smallest absolute Gasteiger partial charge is 0.247 e. The van der Waals surface area contributed by atoms with E-state index in [1.165, 1.54) is 5.56 Å². The Bertz CT molecular complexity index is 772. The number of rotatable bonds is 4. The summed E-state index contributed by atoms with van der Waals surface area (Å²) in [5.41, 5.74) is 2.25. The number of hydrogen-bond donors (Lipinski definition) is 1. The van der Waals surface area contributed by atoms with Crippen LogP contribution in [0.5, 0.6) is 5.75 Å². The molecule has 1 aliphatic rings. The van der Waals surface area contributed by atoms with Crippen molar-refractivity contribution in [3.8, 4) is 5.75 Å². The summed E-state index contributed by atoms with van der Waals surface area (Å²) >= 11 is 3.56. The van der Waals surface area contributed by atoms with Crippen molar-refractivity contribution in [1.82, 2.24) is 4.98 Å². The van der Waals surface area contributed by atoms with E-state index in [1.807, 2.05) is 12.1 Å². The van der Waals surface area contributed by atoms with Crippen molar-refractivity contribution in [1.29, 1.82) is 0 Å². The normalized spacial score (nSPS) is 14.2. The molecule has 2 heterocycles. The van der Waals surface area contributed by atoms with Gasteiger partial charge in [-0.05, 0) is 33.6 Å². The zero-order valence-electron chi connectivity index (χ0n) is 13.4. The molecule has 118 valence electrons. The molecule has 0 fully saturated rings. The monoisotopic (exact) mass is 379 g/mol. The Kier molecular flexibility index (Phi) is 4.20. The number of nitrogens with one attached hydrogen (secondary N) is 1. The fourth-order valence-electron chi connectivity index (χ4n) is 3.89. The van der Waals surface area contributed by atoms with Gasteiger partial charge < -0.3 is 9.72 Å². The van der Waals surface area contributed by atoms with Gasteiger partial charge in [0, 0.05) is 21.5 Å². The second kappa shape index (κ2) is 5.85. The highest BCUT2D eigenvalue weighted by Gasteiger charge is 2.36. The molecule has 1 N–H and O–H groups in total. The maximum Gasteiger partial charge on any atom is 0.247 e. The van der Waals surface area contributed by atoms with Crippen LogP contribution in [0.4, 0.5) is 0 Å². The molecule has 0 saturated heterocycles. The van der Waals surface area contributed by atoms with Gasteiger partial charge in [-0.25, -0.2) is 0 Å². The minimum atomic E-state index is -1.74. The molecule has 0 aliphatic carbocycles. The summed E-state index contributed by atoms with van der Waals surface area (Å²) < 4.78 is 6.76. The van der Waals surface area contributed by atoms with E-state index in [2.05, 4.69) is 41.7 Å². The number of halogens is 1. The highest BCUT2D eigenvalue weighted by molar-refractivity contribution is 9.10. The highest BCUT2D eigenvalue weighted by Crippen LogP contribution is 2.35. The van der Waals surface area contributed by atoms with Gasteiger partial charge in [0.05, 0.1) is 20.2 Å². The molecule has 0 amide bonds. The third kappa shape index (κ3) is 2.17. The largest absolute Gasteiger partial charge is 0.493 e. The van der Waals surface area contributed by atoms with E-state index in [-0.39, 0.29) is 5.56 Å². The van der Waals surface area contributed by atoms with Crippen LogP contribution in [-0.2, 0) is 6.42 Å². The Hall–Kier alpha value is -1.07. The van der Waals surface area contributed by atoms with Crippen molar-refractivity contribution in [2.75, 3.05) is 6.61 Å². The van der Waals surface area contributed by atoms with Gasteiger partial charge in [0.15, 0.2) is 0 Å². The minimum absolute atomic E-state index is 0.125. The summed E-state index contributed by atoms with van der Waals surface area (Å²) in [4.78, 5) is 16.1. The topological polar surface area (TPSA) is 42.1 Å². The van der Waals surface area contributed by atoms with E-state index in [1.54, 1.807) is 0 Å². The first-order valence-corrected chi connectivity index (χ1v) is 11.5.